The molecule has 9 heteroatoms. The van der Waals surface area contributed by atoms with Gasteiger partial charge in [-0.25, -0.2) is 9.50 Å². The van der Waals surface area contributed by atoms with Crippen LogP contribution < -0.4 is 21.1 Å². The van der Waals surface area contributed by atoms with Gasteiger partial charge in [-0.05, 0) is 74.3 Å². The molecule has 0 saturated heterocycles. The Morgan fingerprint density at radius 2 is 1.74 bits per heavy atom. The minimum atomic E-state index is -0.752. The fraction of sp³-hybridized carbons (Fsp3) is 0.269. The lowest BCUT2D eigenvalue weighted by molar-refractivity contribution is -0.137. The molecule has 2 heterocycles. The van der Waals surface area contributed by atoms with E-state index in [9.17, 15) is 4.79 Å². The van der Waals surface area contributed by atoms with E-state index in [1.54, 1.807) is 6.20 Å². The predicted octanol–water partition coefficient (Wildman–Crippen LogP) is 4.53. The van der Waals surface area contributed by atoms with Crippen molar-refractivity contribution >= 4 is 28.8 Å². The SMILES string of the molecule is NCCCOc1ccc(Nc2ncc3ccc(-c4ccc(NCCCCC(=O)O)cc4)n3n2)cc1. The highest BCUT2D eigenvalue weighted by Gasteiger charge is 2.08. The fourth-order valence-corrected chi connectivity index (χ4v) is 3.61. The second-order valence-electron chi connectivity index (χ2n) is 8.13. The molecule has 4 rings (SSSR count). The van der Waals surface area contributed by atoms with Crippen LogP contribution in [0.15, 0.2) is 66.9 Å². The summed E-state index contributed by atoms with van der Waals surface area (Å²) in [5, 5.41) is 20.0. The summed E-state index contributed by atoms with van der Waals surface area (Å²) in [6.45, 7) is 1.95. The molecule has 0 atom stereocenters. The molecule has 0 amide bonds. The van der Waals surface area contributed by atoms with Crippen LogP contribution in [0.1, 0.15) is 25.7 Å². The quantitative estimate of drug-likeness (QED) is 0.208. The molecule has 0 spiro atoms. The van der Waals surface area contributed by atoms with Crippen molar-refractivity contribution in [3.05, 3.63) is 66.9 Å². The Balaban J connectivity index is 1.40. The van der Waals surface area contributed by atoms with Gasteiger partial charge in [0.05, 0.1) is 24.0 Å². The van der Waals surface area contributed by atoms with Crippen molar-refractivity contribution in [2.45, 2.75) is 25.7 Å². The van der Waals surface area contributed by atoms with Crippen molar-refractivity contribution in [2.75, 3.05) is 30.3 Å². The Bertz CT molecular complexity index is 1240. The Labute approximate surface area is 203 Å². The van der Waals surface area contributed by atoms with Crippen LogP contribution in [-0.4, -0.2) is 45.4 Å². The zero-order valence-corrected chi connectivity index (χ0v) is 19.5. The number of benzene rings is 2. The molecule has 0 aliphatic heterocycles. The number of hydrogen-bond acceptors (Lipinski definition) is 7. The van der Waals surface area contributed by atoms with Crippen molar-refractivity contribution in [1.82, 2.24) is 14.6 Å². The van der Waals surface area contributed by atoms with E-state index in [1.807, 2.05) is 65.2 Å². The molecule has 0 unspecified atom stereocenters. The van der Waals surface area contributed by atoms with E-state index in [4.69, 9.17) is 15.6 Å². The molecule has 2 aromatic carbocycles. The summed E-state index contributed by atoms with van der Waals surface area (Å²) in [7, 11) is 0. The Morgan fingerprint density at radius 3 is 2.49 bits per heavy atom. The van der Waals surface area contributed by atoms with Gasteiger partial charge in [-0.1, -0.05) is 12.1 Å². The first-order valence-corrected chi connectivity index (χ1v) is 11.7. The number of nitrogens with two attached hydrogens (primary N) is 1. The van der Waals surface area contributed by atoms with Gasteiger partial charge in [-0.15, -0.1) is 5.10 Å². The number of carbonyl (C=O) groups is 1. The number of carboxylic acids is 1. The van der Waals surface area contributed by atoms with Crippen LogP contribution in [0, 0.1) is 0 Å². The highest BCUT2D eigenvalue weighted by molar-refractivity contribution is 5.69. The number of nitrogens with one attached hydrogen (secondary N) is 2. The Morgan fingerprint density at radius 1 is 0.971 bits per heavy atom. The molecule has 9 nitrogen and oxygen atoms in total. The van der Waals surface area contributed by atoms with Gasteiger partial charge in [-0.3, -0.25) is 4.79 Å². The summed E-state index contributed by atoms with van der Waals surface area (Å²) in [5.74, 6) is 0.537. The van der Waals surface area contributed by atoms with Gasteiger partial charge in [0.25, 0.3) is 0 Å². The summed E-state index contributed by atoms with van der Waals surface area (Å²) in [6, 6.07) is 19.8. The maximum absolute atomic E-state index is 10.6. The van der Waals surface area contributed by atoms with Gasteiger partial charge in [0.2, 0.25) is 5.95 Å². The zero-order valence-electron chi connectivity index (χ0n) is 19.5. The molecule has 182 valence electrons. The summed E-state index contributed by atoms with van der Waals surface area (Å²) >= 11 is 0. The van der Waals surface area contributed by atoms with Gasteiger partial charge >= 0.3 is 5.97 Å². The molecular weight excluding hydrogens is 444 g/mol. The number of aliphatic carboxylic acids is 1. The molecule has 0 aliphatic carbocycles. The molecule has 4 aromatic rings. The number of aromatic nitrogens is 3. The molecule has 0 aliphatic rings. The maximum atomic E-state index is 10.6. The highest BCUT2D eigenvalue weighted by Crippen LogP contribution is 2.25. The van der Waals surface area contributed by atoms with Crippen LogP contribution in [0.2, 0.25) is 0 Å². The fourth-order valence-electron chi connectivity index (χ4n) is 3.61. The van der Waals surface area contributed by atoms with E-state index in [0.29, 0.717) is 25.5 Å². The number of nitrogens with zero attached hydrogens (tertiary/aromatic N) is 3. The van der Waals surface area contributed by atoms with Crippen molar-refractivity contribution in [2.24, 2.45) is 5.73 Å². The van der Waals surface area contributed by atoms with Crippen LogP contribution in [-0.2, 0) is 4.79 Å². The average molecular weight is 475 g/mol. The van der Waals surface area contributed by atoms with E-state index < -0.39 is 5.97 Å². The number of unbranched alkanes of at least 4 members (excludes halogenated alkanes) is 1. The molecule has 35 heavy (non-hydrogen) atoms. The molecule has 0 saturated carbocycles. The van der Waals surface area contributed by atoms with Crippen LogP contribution in [0.25, 0.3) is 16.8 Å². The zero-order chi connectivity index (χ0) is 24.5. The summed E-state index contributed by atoms with van der Waals surface area (Å²) in [6.07, 6.45) is 4.29. The number of anilines is 3. The molecule has 0 bridgehead atoms. The van der Waals surface area contributed by atoms with Crippen molar-refractivity contribution in [3.8, 4) is 17.0 Å². The Hall–Kier alpha value is -4.11. The number of hydrogen-bond donors (Lipinski definition) is 4. The van der Waals surface area contributed by atoms with Crippen molar-refractivity contribution in [3.63, 3.8) is 0 Å². The number of rotatable bonds is 13. The lowest BCUT2D eigenvalue weighted by Gasteiger charge is -2.09. The number of carboxylic acid groups (broad SMARTS) is 1. The van der Waals surface area contributed by atoms with Crippen LogP contribution in [0.5, 0.6) is 5.75 Å². The van der Waals surface area contributed by atoms with Crippen LogP contribution in [0.4, 0.5) is 17.3 Å². The molecular formula is C26H30N6O3. The Kier molecular flexibility index (Phi) is 8.13. The minimum Gasteiger partial charge on any atom is -0.494 e. The largest absolute Gasteiger partial charge is 0.494 e. The first-order chi connectivity index (χ1) is 17.1. The third-order valence-corrected chi connectivity index (χ3v) is 5.45. The van der Waals surface area contributed by atoms with Gasteiger partial charge in [0.1, 0.15) is 5.75 Å². The molecule has 5 N–H and O–H groups in total. The first kappa shape index (κ1) is 24.0. The third kappa shape index (κ3) is 6.70. The summed E-state index contributed by atoms with van der Waals surface area (Å²) in [5.41, 5.74) is 10.3. The van der Waals surface area contributed by atoms with E-state index in [1.165, 1.54) is 0 Å². The average Bonchev–Trinajstić information content (AvgIpc) is 3.28. The third-order valence-electron chi connectivity index (χ3n) is 5.45. The molecule has 0 fully saturated rings. The van der Waals surface area contributed by atoms with Gasteiger partial charge < -0.3 is 26.2 Å². The molecule has 2 aromatic heterocycles. The van der Waals surface area contributed by atoms with Crippen LogP contribution >= 0.6 is 0 Å². The summed E-state index contributed by atoms with van der Waals surface area (Å²) in [4.78, 5) is 15.0. The van der Waals surface area contributed by atoms with E-state index >= 15 is 0 Å². The predicted molar refractivity (Wildman–Crippen MR) is 137 cm³/mol. The lowest BCUT2D eigenvalue weighted by atomic mass is 10.1. The number of fused-ring (bicyclic) bond motifs is 1. The van der Waals surface area contributed by atoms with Crippen molar-refractivity contribution in [1.29, 1.82) is 0 Å². The van der Waals surface area contributed by atoms with E-state index in [0.717, 1.165) is 53.3 Å². The standard InChI is InChI=1S/C26H30N6O3/c27-15-3-17-35-23-12-9-21(10-13-23)30-26-29-18-22-11-14-24(32(22)31-26)19-5-7-20(8-6-19)28-16-2-1-4-25(33)34/h5-14,18,28H,1-4,15-17,27H2,(H,30,31)(H,33,34). The topological polar surface area (TPSA) is 127 Å². The minimum absolute atomic E-state index is 0.204. The van der Waals surface area contributed by atoms with Crippen molar-refractivity contribution < 1.29 is 14.6 Å². The monoisotopic (exact) mass is 474 g/mol. The highest BCUT2D eigenvalue weighted by atomic mass is 16.5. The van der Waals surface area contributed by atoms with Gasteiger partial charge in [0, 0.05) is 29.9 Å². The van der Waals surface area contributed by atoms with Gasteiger partial charge in [0.15, 0.2) is 0 Å². The lowest BCUT2D eigenvalue weighted by Crippen LogP contribution is -2.06. The van der Waals surface area contributed by atoms with E-state index in [2.05, 4.69) is 20.7 Å². The smallest absolute Gasteiger partial charge is 0.303 e. The first-order valence-electron chi connectivity index (χ1n) is 11.7. The van der Waals surface area contributed by atoms with Gasteiger partial charge in [-0.2, -0.15) is 0 Å². The maximum Gasteiger partial charge on any atom is 0.303 e. The second kappa shape index (κ2) is 11.8. The second-order valence-corrected chi connectivity index (χ2v) is 8.13. The number of ether oxygens (including phenoxy) is 1. The normalized spacial score (nSPS) is 10.9. The summed E-state index contributed by atoms with van der Waals surface area (Å²) < 4.78 is 7.51. The molecule has 0 radical (unpaired) electrons. The van der Waals surface area contributed by atoms with E-state index in [-0.39, 0.29) is 6.42 Å². The van der Waals surface area contributed by atoms with Crippen LogP contribution in [0.3, 0.4) is 0 Å².